The first-order valence-electron chi connectivity index (χ1n) is 9.35. The standard InChI is InChI=1S/C22H26N4O2.2ClH/c1-28-20-9-7-17(8-10-20)11-12-24-22(27)21(23)13-19-15-26(16-25-19)14-18-5-3-2-4-6-18;;/h2-10,15-16,21H,11-14,23H2,1H3,(H,24,27);2*1H/t21-;;/m0../s1. The molecular weight excluding hydrogens is 423 g/mol. The molecule has 2 aromatic carbocycles. The van der Waals surface area contributed by atoms with Crippen LogP contribution in [0.4, 0.5) is 0 Å². The van der Waals surface area contributed by atoms with Gasteiger partial charge in [0.15, 0.2) is 0 Å². The molecule has 1 aromatic heterocycles. The number of nitrogens with one attached hydrogen (secondary N) is 1. The summed E-state index contributed by atoms with van der Waals surface area (Å²) in [5.74, 6) is 0.660. The van der Waals surface area contributed by atoms with E-state index < -0.39 is 6.04 Å². The van der Waals surface area contributed by atoms with E-state index in [9.17, 15) is 4.79 Å². The van der Waals surface area contributed by atoms with Crippen LogP contribution in [0.25, 0.3) is 0 Å². The fourth-order valence-electron chi connectivity index (χ4n) is 2.96. The van der Waals surface area contributed by atoms with Gasteiger partial charge in [0.1, 0.15) is 5.75 Å². The molecule has 0 fully saturated rings. The van der Waals surface area contributed by atoms with Crippen molar-refractivity contribution in [1.29, 1.82) is 0 Å². The normalized spacial score (nSPS) is 11.0. The van der Waals surface area contributed by atoms with Crippen LogP contribution >= 0.6 is 24.8 Å². The third-order valence-corrected chi connectivity index (χ3v) is 4.53. The topological polar surface area (TPSA) is 82.2 Å². The lowest BCUT2D eigenvalue weighted by atomic mass is 10.1. The molecule has 0 unspecified atom stereocenters. The molecule has 0 saturated carbocycles. The number of carbonyl (C=O) groups excluding carboxylic acids is 1. The summed E-state index contributed by atoms with van der Waals surface area (Å²) in [5, 5.41) is 2.90. The van der Waals surface area contributed by atoms with Crippen molar-refractivity contribution in [1.82, 2.24) is 14.9 Å². The minimum atomic E-state index is -0.615. The Balaban J connectivity index is 0.00000225. The van der Waals surface area contributed by atoms with E-state index in [-0.39, 0.29) is 30.7 Å². The van der Waals surface area contributed by atoms with Gasteiger partial charge in [-0.1, -0.05) is 42.5 Å². The quantitative estimate of drug-likeness (QED) is 0.524. The van der Waals surface area contributed by atoms with Gasteiger partial charge < -0.3 is 20.4 Å². The van der Waals surface area contributed by atoms with Crippen LogP contribution in [0.5, 0.6) is 5.75 Å². The summed E-state index contributed by atoms with van der Waals surface area (Å²) in [6.07, 6.45) is 4.87. The summed E-state index contributed by atoms with van der Waals surface area (Å²) in [6, 6.07) is 17.4. The molecule has 3 aromatic rings. The lowest BCUT2D eigenvalue weighted by molar-refractivity contribution is -0.122. The molecule has 0 bridgehead atoms. The first-order valence-corrected chi connectivity index (χ1v) is 9.35. The van der Waals surface area contributed by atoms with Crippen molar-refractivity contribution in [2.45, 2.75) is 25.4 Å². The zero-order valence-corrected chi connectivity index (χ0v) is 18.5. The second-order valence-electron chi connectivity index (χ2n) is 6.72. The molecule has 6 nitrogen and oxygen atoms in total. The average Bonchev–Trinajstić information content (AvgIpc) is 3.15. The maximum Gasteiger partial charge on any atom is 0.237 e. The number of benzene rings is 2. The fraction of sp³-hybridized carbons (Fsp3) is 0.273. The van der Waals surface area contributed by atoms with Crippen molar-refractivity contribution < 1.29 is 9.53 Å². The SMILES string of the molecule is COc1ccc(CCNC(=O)[C@@H](N)Cc2cn(Cc3ccccc3)cn2)cc1.Cl.Cl. The zero-order valence-electron chi connectivity index (χ0n) is 16.9. The Morgan fingerprint density at radius 1 is 1.10 bits per heavy atom. The predicted molar refractivity (Wildman–Crippen MR) is 124 cm³/mol. The number of methoxy groups -OCH3 is 1. The number of hydrogen-bond donors (Lipinski definition) is 2. The summed E-state index contributed by atoms with van der Waals surface area (Å²) in [4.78, 5) is 16.6. The van der Waals surface area contributed by atoms with Crippen LogP contribution in [0.3, 0.4) is 0 Å². The predicted octanol–water partition coefficient (Wildman–Crippen LogP) is 3.01. The van der Waals surface area contributed by atoms with Crippen molar-refractivity contribution in [3.63, 3.8) is 0 Å². The summed E-state index contributed by atoms with van der Waals surface area (Å²) >= 11 is 0. The van der Waals surface area contributed by atoms with E-state index in [0.29, 0.717) is 13.0 Å². The van der Waals surface area contributed by atoms with Gasteiger partial charge in [-0.2, -0.15) is 0 Å². The molecule has 3 N–H and O–H groups in total. The van der Waals surface area contributed by atoms with Gasteiger partial charge in [0.25, 0.3) is 0 Å². The molecule has 1 heterocycles. The second kappa shape index (κ2) is 12.9. The Hall–Kier alpha value is -2.54. The molecule has 0 radical (unpaired) electrons. The van der Waals surface area contributed by atoms with Gasteiger partial charge in [0.2, 0.25) is 5.91 Å². The van der Waals surface area contributed by atoms with Gasteiger partial charge in [-0.05, 0) is 29.7 Å². The number of nitrogens with two attached hydrogens (primary N) is 1. The van der Waals surface area contributed by atoms with Crippen LogP contribution < -0.4 is 15.8 Å². The van der Waals surface area contributed by atoms with Gasteiger partial charge in [-0.15, -0.1) is 24.8 Å². The lowest BCUT2D eigenvalue weighted by Crippen LogP contribution is -2.42. The Kier molecular flexibility index (Phi) is 11.0. The van der Waals surface area contributed by atoms with Crippen LogP contribution in [-0.4, -0.2) is 35.2 Å². The Bertz CT molecular complexity index is 886. The Morgan fingerprint density at radius 2 is 1.80 bits per heavy atom. The first kappa shape index (κ1) is 25.5. The van der Waals surface area contributed by atoms with Crippen LogP contribution in [0.15, 0.2) is 67.1 Å². The first-order chi connectivity index (χ1) is 13.6. The number of nitrogens with zero attached hydrogens (tertiary/aromatic N) is 2. The van der Waals surface area contributed by atoms with Crippen LogP contribution in [0, 0.1) is 0 Å². The third-order valence-electron chi connectivity index (χ3n) is 4.53. The Labute approximate surface area is 189 Å². The molecule has 0 saturated heterocycles. The smallest absolute Gasteiger partial charge is 0.237 e. The number of hydrogen-bond acceptors (Lipinski definition) is 4. The number of amides is 1. The van der Waals surface area contributed by atoms with Gasteiger partial charge >= 0.3 is 0 Å². The number of carbonyl (C=O) groups is 1. The molecule has 0 aliphatic carbocycles. The number of rotatable bonds is 9. The highest BCUT2D eigenvalue weighted by Gasteiger charge is 2.15. The molecule has 0 spiro atoms. The van der Waals surface area contributed by atoms with Gasteiger partial charge in [0.05, 0.1) is 25.2 Å². The number of halogens is 2. The fourth-order valence-corrected chi connectivity index (χ4v) is 2.96. The lowest BCUT2D eigenvalue weighted by Gasteiger charge is -2.11. The summed E-state index contributed by atoms with van der Waals surface area (Å²) in [6.45, 7) is 1.29. The largest absolute Gasteiger partial charge is 0.497 e. The van der Waals surface area contributed by atoms with E-state index in [1.165, 1.54) is 5.56 Å². The number of aromatic nitrogens is 2. The van der Waals surface area contributed by atoms with E-state index in [2.05, 4.69) is 22.4 Å². The maximum absolute atomic E-state index is 12.2. The molecule has 3 rings (SSSR count). The number of ether oxygens (including phenoxy) is 1. The Morgan fingerprint density at radius 3 is 2.47 bits per heavy atom. The molecule has 0 aliphatic rings. The molecule has 8 heteroatoms. The van der Waals surface area contributed by atoms with Crippen LogP contribution in [0.1, 0.15) is 16.8 Å². The monoisotopic (exact) mass is 450 g/mol. The highest BCUT2D eigenvalue weighted by Crippen LogP contribution is 2.11. The molecule has 0 aliphatic heterocycles. The minimum Gasteiger partial charge on any atom is -0.497 e. The summed E-state index contributed by atoms with van der Waals surface area (Å²) < 4.78 is 7.14. The van der Waals surface area contributed by atoms with E-state index in [4.69, 9.17) is 10.5 Å². The van der Waals surface area contributed by atoms with Crippen LogP contribution in [-0.2, 0) is 24.2 Å². The average molecular weight is 451 g/mol. The molecule has 1 atom stereocenters. The van der Waals surface area contributed by atoms with Crippen molar-refractivity contribution in [2.24, 2.45) is 5.73 Å². The highest BCUT2D eigenvalue weighted by molar-refractivity contribution is 5.85. The molecule has 1 amide bonds. The van der Waals surface area contributed by atoms with Crippen molar-refractivity contribution in [3.05, 3.63) is 83.9 Å². The van der Waals surface area contributed by atoms with E-state index in [1.807, 2.05) is 53.2 Å². The van der Waals surface area contributed by atoms with Crippen molar-refractivity contribution in [2.75, 3.05) is 13.7 Å². The summed E-state index contributed by atoms with van der Waals surface area (Å²) in [5.41, 5.74) is 9.20. The van der Waals surface area contributed by atoms with Crippen molar-refractivity contribution in [3.8, 4) is 5.75 Å². The van der Waals surface area contributed by atoms with E-state index in [0.717, 1.165) is 30.0 Å². The van der Waals surface area contributed by atoms with Gasteiger partial charge in [0, 0.05) is 25.7 Å². The van der Waals surface area contributed by atoms with Crippen molar-refractivity contribution >= 4 is 30.7 Å². The molecular formula is C22H28Cl2N4O2. The minimum absolute atomic E-state index is 0. The second-order valence-corrected chi connectivity index (χ2v) is 6.72. The van der Waals surface area contributed by atoms with Gasteiger partial charge in [-0.3, -0.25) is 4.79 Å². The third kappa shape index (κ3) is 7.71. The number of imidazole rings is 1. The summed E-state index contributed by atoms with van der Waals surface area (Å²) in [7, 11) is 1.64. The highest BCUT2D eigenvalue weighted by atomic mass is 35.5. The molecule has 162 valence electrons. The van der Waals surface area contributed by atoms with Gasteiger partial charge in [-0.25, -0.2) is 4.98 Å². The maximum atomic E-state index is 12.2. The van der Waals surface area contributed by atoms with E-state index in [1.54, 1.807) is 13.4 Å². The zero-order chi connectivity index (χ0) is 19.8. The molecule has 30 heavy (non-hydrogen) atoms. The van der Waals surface area contributed by atoms with E-state index >= 15 is 0 Å². The van der Waals surface area contributed by atoms with Crippen LogP contribution in [0.2, 0.25) is 0 Å².